The largest absolute Gasteiger partial charge is 0.330 e. The standard InChI is InChI=1S/C13H19N3O5S/c1-15-8-9(10(17)16(2)12(15)19)14-11(18)13(22(3,20)21)6-4-5-7-13/h8H,4-7H2,1-3H3,(H,14,18). The summed E-state index contributed by atoms with van der Waals surface area (Å²) in [6.45, 7) is 0. The van der Waals surface area contributed by atoms with Gasteiger partial charge in [-0.15, -0.1) is 0 Å². The van der Waals surface area contributed by atoms with Crippen molar-refractivity contribution in [3.05, 3.63) is 27.0 Å². The van der Waals surface area contributed by atoms with E-state index in [0.29, 0.717) is 12.8 Å². The third-order valence-corrected chi connectivity index (χ3v) is 6.24. The maximum atomic E-state index is 12.5. The van der Waals surface area contributed by atoms with Crippen molar-refractivity contribution in [2.24, 2.45) is 14.1 Å². The molecule has 1 aliphatic carbocycles. The fraction of sp³-hybridized carbons (Fsp3) is 0.615. The molecule has 1 aromatic heterocycles. The summed E-state index contributed by atoms with van der Waals surface area (Å²) in [6, 6.07) is 0. The Hall–Kier alpha value is -1.90. The van der Waals surface area contributed by atoms with Gasteiger partial charge in [-0.2, -0.15) is 0 Å². The van der Waals surface area contributed by atoms with Crippen LogP contribution in [0.3, 0.4) is 0 Å². The third-order valence-electron chi connectivity index (χ3n) is 4.23. The number of aromatic nitrogens is 2. The zero-order valence-electron chi connectivity index (χ0n) is 12.7. The second kappa shape index (κ2) is 5.38. The fourth-order valence-electron chi connectivity index (χ4n) is 2.84. The average Bonchev–Trinajstić information content (AvgIpc) is 2.92. The molecule has 1 heterocycles. The highest BCUT2D eigenvalue weighted by molar-refractivity contribution is 7.92. The Labute approximate surface area is 127 Å². The van der Waals surface area contributed by atoms with Gasteiger partial charge in [-0.1, -0.05) is 12.8 Å². The van der Waals surface area contributed by atoms with E-state index in [2.05, 4.69) is 5.32 Å². The minimum absolute atomic E-state index is 0.107. The van der Waals surface area contributed by atoms with Crippen LogP contribution in [-0.4, -0.2) is 34.5 Å². The van der Waals surface area contributed by atoms with E-state index in [1.807, 2.05) is 0 Å². The summed E-state index contributed by atoms with van der Waals surface area (Å²) in [7, 11) is -0.877. The summed E-state index contributed by atoms with van der Waals surface area (Å²) in [4.78, 5) is 36.2. The Balaban J connectivity index is 2.45. The van der Waals surface area contributed by atoms with Crippen molar-refractivity contribution in [3.63, 3.8) is 0 Å². The highest BCUT2D eigenvalue weighted by Crippen LogP contribution is 2.37. The van der Waals surface area contributed by atoms with Crippen molar-refractivity contribution >= 4 is 21.4 Å². The number of sulfone groups is 1. The first-order valence-electron chi connectivity index (χ1n) is 6.88. The number of rotatable bonds is 3. The molecule has 8 nitrogen and oxygen atoms in total. The zero-order chi connectivity index (χ0) is 16.7. The van der Waals surface area contributed by atoms with Gasteiger partial charge in [-0.3, -0.25) is 14.2 Å². The minimum atomic E-state index is -3.61. The predicted molar refractivity (Wildman–Crippen MR) is 81.6 cm³/mol. The molecular weight excluding hydrogens is 310 g/mol. The molecule has 1 aliphatic rings. The van der Waals surface area contributed by atoms with Crippen LogP contribution >= 0.6 is 0 Å². The summed E-state index contributed by atoms with van der Waals surface area (Å²) in [5, 5.41) is 2.40. The van der Waals surface area contributed by atoms with Gasteiger partial charge in [0.25, 0.3) is 5.56 Å². The molecular formula is C13H19N3O5S. The molecule has 2 rings (SSSR count). The van der Waals surface area contributed by atoms with E-state index in [1.54, 1.807) is 0 Å². The number of nitrogens with one attached hydrogen (secondary N) is 1. The van der Waals surface area contributed by atoms with Crippen LogP contribution < -0.4 is 16.6 Å². The lowest BCUT2D eigenvalue weighted by atomic mass is 10.1. The minimum Gasteiger partial charge on any atom is -0.319 e. The molecule has 122 valence electrons. The number of anilines is 1. The third kappa shape index (κ3) is 2.49. The van der Waals surface area contributed by atoms with Gasteiger partial charge in [0, 0.05) is 26.5 Å². The number of carbonyl (C=O) groups is 1. The van der Waals surface area contributed by atoms with Crippen LogP contribution in [-0.2, 0) is 28.7 Å². The summed E-state index contributed by atoms with van der Waals surface area (Å²) >= 11 is 0. The topological polar surface area (TPSA) is 107 Å². The number of amides is 1. The quantitative estimate of drug-likeness (QED) is 0.795. The van der Waals surface area contributed by atoms with Gasteiger partial charge in [0.1, 0.15) is 5.69 Å². The molecule has 0 aromatic carbocycles. The molecule has 1 fully saturated rings. The Morgan fingerprint density at radius 2 is 1.77 bits per heavy atom. The molecule has 0 aliphatic heterocycles. The van der Waals surface area contributed by atoms with E-state index in [9.17, 15) is 22.8 Å². The number of hydrogen-bond acceptors (Lipinski definition) is 5. The van der Waals surface area contributed by atoms with Crippen molar-refractivity contribution in [1.29, 1.82) is 0 Å². The van der Waals surface area contributed by atoms with E-state index in [-0.39, 0.29) is 18.5 Å². The van der Waals surface area contributed by atoms with E-state index in [0.717, 1.165) is 15.4 Å². The molecule has 0 unspecified atom stereocenters. The smallest absolute Gasteiger partial charge is 0.319 e. The molecule has 22 heavy (non-hydrogen) atoms. The second-order valence-corrected chi connectivity index (χ2v) is 8.05. The van der Waals surface area contributed by atoms with Crippen LogP contribution in [0.25, 0.3) is 0 Å². The van der Waals surface area contributed by atoms with Crippen molar-refractivity contribution in [2.75, 3.05) is 11.6 Å². The molecule has 1 amide bonds. The van der Waals surface area contributed by atoms with Gasteiger partial charge in [0.15, 0.2) is 14.6 Å². The average molecular weight is 329 g/mol. The van der Waals surface area contributed by atoms with Crippen LogP contribution in [0.5, 0.6) is 0 Å². The Morgan fingerprint density at radius 3 is 2.27 bits per heavy atom. The predicted octanol–water partition coefficient (Wildman–Crippen LogP) is -0.620. The van der Waals surface area contributed by atoms with Crippen molar-refractivity contribution in [3.8, 4) is 0 Å². The highest BCUT2D eigenvalue weighted by atomic mass is 32.2. The fourth-order valence-corrected chi connectivity index (χ4v) is 4.26. The first-order chi connectivity index (χ1) is 10.1. The Kier molecular flexibility index (Phi) is 4.03. The van der Waals surface area contributed by atoms with Gasteiger partial charge in [-0.05, 0) is 12.8 Å². The normalized spacial score (nSPS) is 17.4. The van der Waals surface area contributed by atoms with Gasteiger partial charge in [-0.25, -0.2) is 13.2 Å². The van der Waals surface area contributed by atoms with Crippen LogP contribution in [0.2, 0.25) is 0 Å². The van der Waals surface area contributed by atoms with E-state index in [1.165, 1.54) is 20.3 Å². The summed E-state index contributed by atoms with van der Waals surface area (Å²) in [5.74, 6) is -0.705. The molecule has 0 spiro atoms. The second-order valence-electron chi connectivity index (χ2n) is 5.73. The molecule has 0 radical (unpaired) electrons. The molecule has 0 saturated heterocycles. The van der Waals surface area contributed by atoms with Gasteiger partial charge >= 0.3 is 5.69 Å². The first kappa shape index (κ1) is 16.5. The lowest BCUT2D eigenvalue weighted by Gasteiger charge is -2.25. The lowest BCUT2D eigenvalue weighted by molar-refractivity contribution is -0.118. The zero-order valence-corrected chi connectivity index (χ0v) is 13.6. The van der Waals surface area contributed by atoms with E-state index >= 15 is 0 Å². The van der Waals surface area contributed by atoms with E-state index < -0.39 is 31.7 Å². The van der Waals surface area contributed by atoms with Crippen molar-refractivity contribution in [1.82, 2.24) is 9.13 Å². The van der Waals surface area contributed by atoms with Crippen LogP contribution in [0, 0.1) is 0 Å². The Morgan fingerprint density at radius 1 is 1.23 bits per heavy atom. The number of carbonyl (C=O) groups excluding carboxylic acids is 1. The van der Waals surface area contributed by atoms with Crippen molar-refractivity contribution < 1.29 is 13.2 Å². The summed E-state index contributed by atoms with van der Waals surface area (Å²) < 4.78 is 24.6. The summed E-state index contributed by atoms with van der Waals surface area (Å²) in [6.07, 6.45) is 4.01. The molecule has 1 aromatic rings. The Bertz CT molecular complexity index is 828. The lowest BCUT2D eigenvalue weighted by Crippen LogP contribution is -2.48. The SMILES string of the molecule is Cn1cc(NC(=O)C2(S(C)(=O)=O)CCCC2)c(=O)n(C)c1=O. The van der Waals surface area contributed by atoms with Crippen LogP contribution in [0.4, 0.5) is 5.69 Å². The monoisotopic (exact) mass is 329 g/mol. The first-order valence-corrected chi connectivity index (χ1v) is 8.77. The maximum absolute atomic E-state index is 12.5. The highest BCUT2D eigenvalue weighted by Gasteiger charge is 2.50. The maximum Gasteiger partial charge on any atom is 0.330 e. The van der Waals surface area contributed by atoms with Gasteiger partial charge < -0.3 is 9.88 Å². The number of hydrogen-bond donors (Lipinski definition) is 1. The van der Waals surface area contributed by atoms with E-state index in [4.69, 9.17) is 0 Å². The molecule has 9 heteroatoms. The molecule has 0 atom stereocenters. The van der Waals surface area contributed by atoms with Crippen LogP contribution in [0.1, 0.15) is 25.7 Å². The molecule has 1 saturated carbocycles. The number of nitrogens with zero attached hydrogens (tertiary/aromatic N) is 2. The molecule has 0 bridgehead atoms. The van der Waals surface area contributed by atoms with Gasteiger partial charge in [0.05, 0.1) is 0 Å². The molecule has 1 N–H and O–H groups in total. The van der Waals surface area contributed by atoms with Crippen molar-refractivity contribution in [2.45, 2.75) is 30.4 Å². The van der Waals surface area contributed by atoms with Gasteiger partial charge in [0.2, 0.25) is 5.91 Å². The van der Waals surface area contributed by atoms with Crippen LogP contribution in [0.15, 0.2) is 15.8 Å². The number of aryl methyl sites for hydroxylation is 1. The summed E-state index contributed by atoms with van der Waals surface area (Å²) in [5.41, 5.74) is -1.30.